The van der Waals surface area contributed by atoms with Gasteiger partial charge in [0.25, 0.3) is 5.91 Å². The minimum Gasteiger partial charge on any atom is -0.342 e. The summed E-state index contributed by atoms with van der Waals surface area (Å²) in [5, 5.41) is 15.0. The van der Waals surface area contributed by atoms with Crippen molar-refractivity contribution in [1.82, 2.24) is 20.1 Å². The van der Waals surface area contributed by atoms with Crippen LogP contribution in [0.2, 0.25) is 5.02 Å². The molecular formula is C22H23ClFN5O2S. The largest absolute Gasteiger partial charge is 0.342 e. The number of carbonyl (C=O) groups excluding carboxylic acids is 2. The van der Waals surface area contributed by atoms with Crippen molar-refractivity contribution in [3.05, 3.63) is 70.3 Å². The number of halogens is 2. The van der Waals surface area contributed by atoms with Crippen LogP contribution >= 0.6 is 23.4 Å². The van der Waals surface area contributed by atoms with E-state index < -0.39 is 17.8 Å². The highest BCUT2D eigenvalue weighted by atomic mass is 35.5. The van der Waals surface area contributed by atoms with Crippen LogP contribution in [0.4, 0.5) is 10.1 Å². The number of anilines is 1. The van der Waals surface area contributed by atoms with E-state index in [2.05, 4.69) is 20.8 Å². The Bertz CT molecular complexity index is 1140. The Morgan fingerprint density at radius 1 is 1.22 bits per heavy atom. The molecular weight excluding hydrogens is 453 g/mol. The lowest BCUT2D eigenvalue weighted by atomic mass is 10.2. The first-order chi connectivity index (χ1) is 15.3. The number of aryl methyl sites for hydroxylation is 1. The van der Waals surface area contributed by atoms with Gasteiger partial charge in [-0.3, -0.25) is 9.59 Å². The lowest BCUT2D eigenvalue weighted by Gasteiger charge is -2.15. The van der Waals surface area contributed by atoms with Gasteiger partial charge < -0.3 is 15.2 Å². The van der Waals surface area contributed by atoms with E-state index in [1.165, 1.54) is 30.0 Å². The van der Waals surface area contributed by atoms with Crippen LogP contribution in [-0.2, 0) is 11.3 Å². The number of amides is 2. The van der Waals surface area contributed by atoms with Crippen LogP contribution in [0.3, 0.4) is 0 Å². The van der Waals surface area contributed by atoms with Gasteiger partial charge in [0.2, 0.25) is 5.91 Å². The fraction of sp³-hybridized carbons (Fsp3) is 0.273. The Balaban J connectivity index is 1.63. The van der Waals surface area contributed by atoms with Gasteiger partial charge in [-0.25, -0.2) is 4.39 Å². The van der Waals surface area contributed by atoms with Crippen molar-refractivity contribution in [2.75, 3.05) is 11.1 Å². The van der Waals surface area contributed by atoms with E-state index in [-0.39, 0.29) is 17.2 Å². The Morgan fingerprint density at radius 2 is 1.97 bits per heavy atom. The molecule has 3 rings (SSSR count). The molecule has 32 heavy (non-hydrogen) atoms. The molecule has 0 fully saturated rings. The topological polar surface area (TPSA) is 88.9 Å². The second-order valence-corrected chi connectivity index (χ2v) is 8.41. The first-order valence-electron chi connectivity index (χ1n) is 9.97. The Hall–Kier alpha value is -2.91. The molecule has 1 aromatic heterocycles. The highest BCUT2D eigenvalue weighted by Gasteiger charge is 2.21. The second-order valence-electron chi connectivity index (χ2n) is 7.06. The van der Waals surface area contributed by atoms with Crippen molar-refractivity contribution >= 4 is 40.9 Å². The van der Waals surface area contributed by atoms with Crippen LogP contribution in [0.25, 0.3) is 0 Å². The van der Waals surface area contributed by atoms with E-state index >= 15 is 0 Å². The van der Waals surface area contributed by atoms with Gasteiger partial charge in [-0.1, -0.05) is 41.6 Å². The van der Waals surface area contributed by atoms with Crippen molar-refractivity contribution in [3.63, 3.8) is 0 Å². The predicted octanol–water partition coefficient (Wildman–Crippen LogP) is 4.62. The van der Waals surface area contributed by atoms with E-state index in [9.17, 15) is 14.0 Å². The summed E-state index contributed by atoms with van der Waals surface area (Å²) in [6.07, 6.45) is 0. The number of nitrogens with zero attached hydrogens (tertiary/aromatic N) is 3. The van der Waals surface area contributed by atoms with Crippen molar-refractivity contribution in [2.45, 2.75) is 38.5 Å². The number of hydrogen-bond donors (Lipinski definition) is 2. The van der Waals surface area contributed by atoms with Gasteiger partial charge >= 0.3 is 0 Å². The third-order valence-electron chi connectivity index (χ3n) is 4.70. The van der Waals surface area contributed by atoms with Gasteiger partial charge in [-0.05, 0) is 50.6 Å². The number of hydrogen-bond acceptors (Lipinski definition) is 5. The van der Waals surface area contributed by atoms with E-state index in [0.717, 1.165) is 5.56 Å². The van der Waals surface area contributed by atoms with Crippen molar-refractivity contribution in [3.8, 4) is 0 Å². The summed E-state index contributed by atoms with van der Waals surface area (Å²) in [6.45, 7) is 6.09. The normalized spacial score (nSPS) is 11.8. The molecule has 0 saturated heterocycles. The van der Waals surface area contributed by atoms with Gasteiger partial charge in [-0.15, -0.1) is 10.2 Å². The lowest BCUT2D eigenvalue weighted by Crippen LogP contribution is -2.29. The maximum absolute atomic E-state index is 13.9. The van der Waals surface area contributed by atoms with E-state index in [0.29, 0.717) is 28.2 Å². The highest BCUT2D eigenvalue weighted by Crippen LogP contribution is 2.23. The average molecular weight is 476 g/mol. The number of carbonyl (C=O) groups is 2. The molecule has 3 aromatic rings. The van der Waals surface area contributed by atoms with Gasteiger partial charge in [0.05, 0.1) is 17.4 Å². The van der Waals surface area contributed by atoms with Crippen LogP contribution < -0.4 is 10.6 Å². The van der Waals surface area contributed by atoms with Gasteiger partial charge in [0.1, 0.15) is 5.82 Å². The molecule has 7 nitrogen and oxygen atoms in total. The highest BCUT2D eigenvalue weighted by molar-refractivity contribution is 7.99. The van der Waals surface area contributed by atoms with Crippen LogP contribution in [0.5, 0.6) is 0 Å². The monoisotopic (exact) mass is 475 g/mol. The predicted molar refractivity (Wildman–Crippen MR) is 124 cm³/mol. The first kappa shape index (κ1) is 23.7. The first-order valence-corrected chi connectivity index (χ1v) is 11.3. The summed E-state index contributed by atoms with van der Waals surface area (Å²) < 4.78 is 15.7. The molecule has 0 spiro atoms. The Labute approximate surface area is 194 Å². The summed E-state index contributed by atoms with van der Waals surface area (Å²) in [4.78, 5) is 24.7. The Kier molecular flexibility index (Phi) is 7.87. The fourth-order valence-electron chi connectivity index (χ4n) is 3.01. The standard InChI is InChI=1S/C22H23ClFN5O2S/c1-4-29-20(14(3)25-21(31)16-7-5-6-8-18(16)24)27-28-22(29)32-12-19(30)26-15-10-9-13(2)17(23)11-15/h5-11,14H,4,12H2,1-3H3,(H,25,31)(H,26,30). The number of benzene rings is 2. The zero-order chi connectivity index (χ0) is 23.3. The van der Waals surface area contributed by atoms with Crippen LogP contribution in [0, 0.1) is 12.7 Å². The minimum atomic E-state index is -0.591. The summed E-state index contributed by atoms with van der Waals surface area (Å²) in [5.74, 6) is -0.689. The molecule has 10 heteroatoms. The van der Waals surface area contributed by atoms with Crippen LogP contribution in [0.1, 0.15) is 41.6 Å². The maximum Gasteiger partial charge on any atom is 0.254 e. The van der Waals surface area contributed by atoms with Crippen molar-refractivity contribution in [1.29, 1.82) is 0 Å². The molecule has 1 unspecified atom stereocenters. The van der Waals surface area contributed by atoms with Crippen LogP contribution in [-0.4, -0.2) is 32.3 Å². The molecule has 1 heterocycles. The smallest absolute Gasteiger partial charge is 0.254 e. The molecule has 0 aliphatic heterocycles. The van der Waals surface area contributed by atoms with Gasteiger partial charge in [0, 0.05) is 17.3 Å². The van der Waals surface area contributed by atoms with Crippen LogP contribution in [0.15, 0.2) is 47.6 Å². The number of rotatable bonds is 8. The lowest BCUT2D eigenvalue weighted by molar-refractivity contribution is -0.113. The number of nitrogens with one attached hydrogen (secondary N) is 2. The molecule has 2 N–H and O–H groups in total. The minimum absolute atomic E-state index is 0.0376. The molecule has 2 aromatic carbocycles. The van der Waals surface area contributed by atoms with Gasteiger partial charge in [-0.2, -0.15) is 0 Å². The molecule has 0 bridgehead atoms. The third kappa shape index (κ3) is 5.66. The molecule has 0 saturated carbocycles. The molecule has 1 atom stereocenters. The quantitative estimate of drug-likeness (QED) is 0.464. The molecule has 0 radical (unpaired) electrons. The van der Waals surface area contributed by atoms with E-state index in [1.807, 2.05) is 24.5 Å². The second kappa shape index (κ2) is 10.6. The SMILES string of the molecule is CCn1c(SCC(=O)Nc2ccc(C)c(Cl)c2)nnc1C(C)NC(=O)c1ccccc1F. The zero-order valence-electron chi connectivity index (χ0n) is 17.9. The van der Waals surface area contributed by atoms with Crippen molar-refractivity contribution in [2.24, 2.45) is 0 Å². The molecule has 168 valence electrons. The molecule has 0 aliphatic rings. The number of aromatic nitrogens is 3. The van der Waals surface area contributed by atoms with Crippen molar-refractivity contribution < 1.29 is 14.0 Å². The average Bonchev–Trinajstić information content (AvgIpc) is 3.18. The van der Waals surface area contributed by atoms with Gasteiger partial charge in [0.15, 0.2) is 11.0 Å². The molecule has 2 amide bonds. The van der Waals surface area contributed by atoms with E-state index in [1.54, 1.807) is 25.1 Å². The third-order valence-corrected chi connectivity index (χ3v) is 6.08. The Morgan fingerprint density at radius 3 is 2.66 bits per heavy atom. The zero-order valence-corrected chi connectivity index (χ0v) is 19.4. The number of thioether (sulfide) groups is 1. The summed E-state index contributed by atoms with van der Waals surface area (Å²) in [7, 11) is 0. The maximum atomic E-state index is 13.9. The summed E-state index contributed by atoms with van der Waals surface area (Å²) >= 11 is 7.33. The summed E-state index contributed by atoms with van der Waals surface area (Å²) in [6, 6.07) is 10.6. The fourth-order valence-corrected chi connectivity index (χ4v) is 4.00. The van der Waals surface area contributed by atoms with E-state index in [4.69, 9.17) is 11.6 Å². The molecule has 0 aliphatic carbocycles. The summed E-state index contributed by atoms with van der Waals surface area (Å²) in [5.41, 5.74) is 1.51.